The van der Waals surface area contributed by atoms with E-state index in [1.165, 1.54) is 0 Å². The summed E-state index contributed by atoms with van der Waals surface area (Å²) in [6, 6.07) is 13.4. The lowest BCUT2D eigenvalue weighted by Crippen LogP contribution is -2.29. The van der Waals surface area contributed by atoms with E-state index < -0.39 is 0 Å². The van der Waals surface area contributed by atoms with Gasteiger partial charge in [0.2, 0.25) is 11.8 Å². The molecule has 1 atom stereocenters. The molecule has 3 rings (SSSR count). The highest BCUT2D eigenvalue weighted by Gasteiger charge is 2.36. The van der Waals surface area contributed by atoms with Crippen molar-refractivity contribution >= 4 is 23.2 Å². The molecule has 2 amide bonds. The summed E-state index contributed by atoms with van der Waals surface area (Å²) in [6.45, 7) is 10.6. The van der Waals surface area contributed by atoms with Crippen LogP contribution in [0.15, 0.2) is 42.5 Å². The Hall–Kier alpha value is -2.82. The first kappa shape index (κ1) is 20.9. The molecule has 2 aromatic carbocycles. The van der Waals surface area contributed by atoms with E-state index in [2.05, 4.69) is 25.2 Å². The molecule has 1 saturated heterocycles. The van der Waals surface area contributed by atoms with Gasteiger partial charge in [0.15, 0.2) is 0 Å². The van der Waals surface area contributed by atoms with E-state index in [0.717, 1.165) is 22.6 Å². The first-order valence-corrected chi connectivity index (χ1v) is 10.2. The van der Waals surface area contributed by atoms with Gasteiger partial charge in [-0.15, -0.1) is 0 Å². The lowest BCUT2D eigenvalue weighted by Gasteiger charge is -2.24. The fourth-order valence-electron chi connectivity index (χ4n) is 3.75. The quantitative estimate of drug-likeness (QED) is 0.758. The van der Waals surface area contributed by atoms with Crippen molar-refractivity contribution in [2.45, 2.75) is 53.1 Å². The molecule has 29 heavy (non-hydrogen) atoms. The number of para-hydroxylation sites is 1. The summed E-state index contributed by atoms with van der Waals surface area (Å²) in [6.07, 6.45) is 0.329. The zero-order valence-electron chi connectivity index (χ0n) is 17.9. The number of rotatable bonds is 6. The van der Waals surface area contributed by atoms with Gasteiger partial charge >= 0.3 is 0 Å². The van der Waals surface area contributed by atoms with Gasteiger partial charge in [-0.25, -0.2) is 0 Å². The second-order valence-electron chi connectivity index (χ2n) is 8.25. The van der Waals surface area contributed by atoms with Crippen LogP contribution in [0.2, 0.25) is 0 Å². The number of nitrogens with one attached hydrogen (secondary N) is 1. The Kier molecular flexibility index (Phi) is 6.26. The van der Waals surface area contributed by atoms with E-state index in [1.54, 1.807) is 4.90 Å². The van der Waals surface area contributed by atoms with E-state index in [9.17, 15) is 9.59 Å². The fourth-order valence-corrected chi connectivity index (χ4v) is 3.75. The van der Waals surface area contributed by atoms with Gasteiger partial charge in [0.25, 0.3) is 0 Å². The van der Waals surface area contributed by atoms with Crippen molar-refractivity contribution in [1.82, 2.24) is 0 Å². The van der Waals surface area contributed by atoms with Gasteiger partial charge in [0, 0.05) is 24.3 Å². The molecule has 5 heteroatoms. The minimum Gasteiger partial charge on any atom is -0.491 e. The molecule has 1 fully saturated rings. The number of hydrogen-bond acceptors (Lipinski definition) is 3. The molecule has 0 aromatic heterocycles. The number of hydrogen-bond donors (Lipinski definition) is 1. The number of ether oxygens (including phenoxy) is 1. The normalized spacial score (nSPS) is 16.6. The van der Waals surface area contributed by atoms with Crippen LogP contribution < -0.4 is 15.0 Å². The Morgan fingerprint density at radius 1 is 1.10 bits per heavy atom. The molecule has 1 heterocycles. The molecule has 0 aliphatic carbocycles. The summed E-state index contributed by atoms with van der Waals surface area (Å²) in [5.41, 5.74) is 3.86. The van der Waals surface area contributed by atoms with Crippen molar-refractivity contribution in [3.8, 4) is 5.75 Å². The Balaban J connectivity index is 1.71. The maximum Gasteiger partial charge on any atom is 0.229 e. The molecule has 1 aliphatic heterocycles. The average molecular weight is 395 g/mol. The molecular formula is C24H30N2O3. The monoisotopic (exact) mass is 394 g/mol. The van der Waals surface area contributed by atoms with Gasteiger partial charge in [-0.05, 0) is 62.1 Å². The lowest BCUT2D eigenvalue weighted by molar-refractivity contribution is -0.122. The molecule has 154 valence electrons. The Labute approximate surface area is 173 Å². The van der Waals surface area contributed by atoms with Gasteiger partial charge in [0.1, 0.15) is 5.75 Å². The minimum absolute atomic E-state index is 0.00188. The Morgan fingerprint density at radius 2 is 1.79 bits per heavy atom. The third-order valence-corrected chi connectivity index (χ3v) is 5.15. The minimum atomic E-state index is -0.367. The van der Waals surface area contributed by atoms with Crippen molar-refractivity contribution in [3.05, 3.63) is 53.6 Å². The maximum absolute atomic E-state index is 12.8. The molecule has 0 spiro atoms. The van der Waals surface area contributed by atoms with Crippen LogP contribution in [0, 0.1) is 12.8 Å². The number of nitrogens with zero attached hydrogens (tertiary/aromatic N) is 1. The second-order valence-corrected chi connectivity index (χ2v) is 8.25. The molecule has 1 aliphatic rings. The molecular weight excluding hydrogens is 364 g/mol. The van der Waals surface area contributed by atoms with Crippen LogP contribution in [0.5, 0.6) is 5.75 Å². The van der Waals surface area contributed by atoms with E-state index in [4.69, 9.17) is 4.74 Å². The van der Waals surface area contributed by atoms with E-state index >= 15 is 0 Å². The van der Waals surface area contributed by atoms with Crippen molar-refractivity contribution in [3.63, 3.8) is 0 Å². The highest BCUT2D eigenvalue weighted by molar-refractivity contribution is 6.04. The van der Waals surface area contributed by atoms with E-state index in [0.29, 0.717) is 18.2 Å². The summed E-state index contributed by atoms with van der Waals surface area (Å²) < 4.78 is 5.63. The van der Waals surface area contributed by atoms with Gasteiger partial charge in [0.05, 0.1) is 12.0 Å². The fraction of sp³-hybridized carbons (Fsp3) is 0.417. The predicted octanol–water partition coefficient (Wildman–Crippen LogP) is 4.90. The number of anilines is 2. The largest absolute Gasteiger partial charge is 0.491 e. The molecule has 0 radical (unpaired) electrons. The van der Waals surface area contributed by atoms with E-state index in [1.807, 2.05) is 57.2 Å². The Bertz CT molecular complexity index is 887. The van der Waals surface area contributed by atoms with Crippen LogP contribution in [-0.2, 0) is 9.59 Å². The molecule has 1 unspecified atom stereocenters. The molecule has 5 nitrogen and oxygen atoms in total. The van der Waals surface area contributed by atoms with Crippen molar-refractivity contribution in [2.75, 3.05) is 16.8 Å². The number of aryl methyl sites for hydroxylation is 1. The van der Waals surface area contributed by atoms with Crippen LogP contribution in [-0.4, -0.2) is 24.5 Å². The van der Waals surface area contributed by atoms with Crippen LogP contribution in [0.1, 0.15) is 51.2 Å². The first-order chi connectivity index (χ1) is 13.8. The molecule has 0 saturated carbocycles. The second kappa shape index (κ2) is 8.68. The average Bonchev–Trinajstić information content (AvgIpc) is 3.04. The number of carbonyl (C=O) groups excluding carboxylic acids is 2. The van der Waals surface area contributed by atoms with Crippen LogP contribution >= 0.6 is 0 Å². The zero-order chi connectivity index (χ0) is 21.1. The van der Waals surface area contributed by atoms with Gasteiger partial charge in [-0.3, -0.25) is 9.59 Å². The number of amides is 2. The highest BCUT2D eigenvalue weighted by Crippen LogP contribution is 2.35. The third kappa shape index (κ3) is 4.78. The summed E-state index contributed by atoms with van der Waals surface area (Å²) in [7, 11) is 0. The standard InChI is InChI=1S/C24H30N2O3/c1-15(2)21-8-6-7-17(5)23(21)26-14-18(13-22(26)27)24(28)25-19-9-11-20(12-10-19)29-16(3)4/h6-12,15-16,18H,13-14H2,1-5H3,(H,25,28). The Morgan fingerprint density at radius 3 is 2.41 bits per heavy atom. The van der Waals surface area contributed by atoms with Crippen molar-refractivity contribution < 1.29 is 14.3 Å². The zero-order valence-corrected chi connectivity index (χ0v) is 17.9. The SMILES string of the molecule is Cc1cccc(C(C)C)c1N1CC(C(=O)Nc2ccc(OC(C)C)cc2)CC1=O. The summed E-state index contributed by atoms with van der Waals surface area (Å²) in [4.78, 5) is 27.3. The summed E-state index contributed by atoms with van der Waals surface area (Å²) in [5, 5.41) is 2.94. The maximum atomic E-state index is 12.8. The molecule has 1 N–H and O–H groups in total. The third-order valence-electron chi connectivity index (χ3n) is 5.15. The van der Waals surface area contributed by atoms with E-state index in [-0.39, 0.29) is 30.3 Å². The first-order valence-electron chi connectivity index (χ1n) is 10.2. The van der Waals surface area contributed by atoms with Gasteiger partial charge in [-0.2, -0.15) is 0 Å². The van der Waals surface area contributed by atoms with Crippen LogP contribution in [0.3, 0.4) is 0 Å². The number of carbonyl (C=O) groups is 2. The van der Waals surface area contributed by atoms with Crippen molar-refractivity contribution in [2.24, 2.45) is 5.92 Å². The van der Waals surface area contributed by atoms with Gasteiger partial charge < -0.3 is 15.0 Å². The summed E-state index contributed by atoms with van der Waals surface area (Å²) >= 11 is 0. The molecule has 0 bridgehead atoms. The summed E-state index contributed by atoms with van der Waals surface area (Å²) in [5.74, 6) is 0.576. The predicted molar refractivity (Wildman–Crippen MR) is 117 cm³/mol. The van der Waals surface area contributed by atoms with Crippen LogP contribution in [0.4, 0.5) is 11.4 Å². The topological polar surface area (TPSA) is 58.6 Å². The lowest BCUT2D eigenvalue weighted by atomic mass is 9.97. The van der Waals surface area contributed by atoms with Crippen molar-refractivity contribution in [1.29, 1.82) is 0 Å². The van der Waals surface area contributed by atoms with Gasteiger partial charge in [-0.1, -0.05) is 32.0 Å². The van der Waals surface area contributed by atoms with Crippen LogP contribution in [0.25, 0.3) is 0 Å². The molecule has 2 aromatic rings. The number of benzene rings is 2. The smallest absolute Gasteiger partial charge is 0.229 e. The highest BCUT2D eigenvalue weighted by atomic mass is 16.5.